The van der Waals surface area contributed by atoms with Crippen LogP contribution >= 0.6 is 0 Å². The summed E-state index contributed by atoms with van der Waals surface area (Å²) in [6.45, 7) is 0.993. The number of nitrogens with zero attached hydrogens (tertiary/aromatic N) is 1. The third-order valence-corrected chi connectivity index (χ3v) is 4.75. The van der Waals surface area contributed by atoms with E-state index < -0.39 is 0 Å². The highest BCUT2D eigenvalue weighted by Crippen LogP contribution is 2.26. The second kappa shape index (κ2) is 7.49. The van der Waals surface area contributed by atoms with Crippen LogP contribution in [0, 0.1) is 0 Å². The van der Waals surface area contributed by atoms with E-state index in [4.69, 9.17) is 0 Å². The van der Waals surface area contributed by atoms with Crippen molar-refractivity contribution in [1.29, 1.82) is 0 Å². The molecule has 1 aromatic carbocycles. The summed E-state index contributed by atoms with van der Waals surface area (Å²) < 4.78 is 0. The number of anilines is 1. The van der Waals surface area contributed by atoms with Crippen LogP contribution in [0.1, 0.15) is 44.1 Å². The molecule has 0 spiro atoms. The minimum Gasteiger partial charge on any atom is -0.336 e. The number of amides is 3. The molecule has 124 valence electrons. The number of hydrogen-bond acceptors (Lipinski definition) is 2. The van der Waals surface area contributed by atoms with Gasteiger partial charge < -0.3 is 15.5 Å². The largest absolute Gasteiger partial charge is 0.336 e. The van der Waals surface area contributed by atoms with Gasteiger partial charge in [-0.25, -0.2) is 4.79 Å². The highest BCUT2D eigenvalue weighted by molar-refractivity contribution is 5.96. The van der Waals surface area contributed by atoms with Crippen molar-refractivity contribution in [3.8, 4) is 0 Å². The molecule has 2 N–H and O–H groups in total. The molecule has 5 heteroatoms. The fourth-order valence-corrected chi connectivity index (χ4v) is 3.51. The quantitative estimate of drug-likeness (QED) is 0.897. The Morgan fingerprint density at radius 1 is 1.13 bits per heavy atom. The lowest BCUT2D eigenvalue weighted by molar-refractivity contribution is -0.118. The minimum atomic E-state index is -0.116. The maximum Gasteiger partial charge on any atom is 0.315 e. The molecular formula is C18H25N3O2. The van der Waals surface area contributed by atoms with Gasteiger partial charge in [-0.15, -0.1) is 0 Å². The van der Waals surface area contributed by atoms with Crippen LogP contribution in [0.3, 0.4) is 0 Å². The number of urea groups is 1. The number of carbonyl (C=O) groups excluding carboxylic acids is 2. The van der Waals surface area contributed by atoms with Crippen molar-refractivity contribution in [3.05, 3.63) is 29.8 Å². The van der Waals surface area contributed by atoms with Crippen molar-refractivity contribution in [3.63, 3.8) is 0 Å². The molecule has 1 aliphatic heterocycles. The molecule has 5 nitrogen and oxygen atoms in total. The van der Waals surface area contributed by atoms with Crippen LogP contribution in [0.4, 0.5) is 10.5 Å². The Labute approximate surface area is 137 Å². The molecule has 2 aliphatic rings. The lowest BCUT2D eigenvalue weighted by Crippen LogP contribution is -2.46. The summed E-state index contributed by atoms with van der Waals surface area (Å²) in [6, 6.07) is 8.19. The Hall–Kier alpha value is -2.04. The van der Waals surface area contributed by atoms with Crippen molar-refractivity contribution >= 4 is 17.6 Å². The molecule has 23 heavy (non-hydrogen) atoms. The van der Waals surface area contributed by atoms with Gasteiger partial charge in [0.1, 0.15) is 0 Å². The van der Waals surface area contributed by atoms with Crippen molar-refractivity contribution in [2.75, 3.05) is 18.0 Å². The Balaban J connectivity index is 1.48. The van der Waals surface area contributed by atoms with Gasteiger partial charge in [0.2, 0.25) is 5.91 Å². The molecule has 0 bridgehead atoms. The molecule has 3 amide bonds. The molecule has 0 unspecified atom stereocenters. The number of rotatable bonds is 4. The summed E-state index contributed by atoms with van der Waals surface area (Å²) in [5.74, 6) is 0.137. The molecule has 0 atom stereocenters. The molecule has 0 saturated heterocycles. The van der Waals surface area contributed by atoms with Crippen LogP contribution < -0.4 is 15.5 Å². The smallest absolute Gasteiger partial charge is 0.315 e. The Bertz CT molecular complexity index is 567. The third-order valence-electron chi connectivity index (χ3n) is 4.75. The Morgan fingerprint density at radius 2 is 1.91 bits per heavy atom. The van der Waals surface area contributed by atoms with Crippen LogP contribution in [-0.2, 0) is 11.2 Å². The van der Waals surface area contributed by atoms with E-state index in [9.17, 15) is 9.59 Å². The molecule has 3 rings (SSSR count). The van der Waals surface area contributed by atoms with Gasteiger partial charge in [0.25, 0.3) is 0 Å². The van der Waals surface area contributed by atoms with E-state index >= 15 is 0 Å². The molecule has 0 radical (unpaired) electrons. The lowest BCUT2D eigenvalue weighted by Gasteiger charge is -2.29. The zero-order chi connectivity index (χ0) is 16.1. The number of nitrogens with one attached hydrogen (secondary N) is 2. The predicted octanol–water partition coefficient (Wildman–Crippen LogP) is 2.60. The normalized spacial score (nSPS) is 18.4. The number of fused-ring (bicyclic) bond motifs is 1. The summed E-state index contributed by atoms with van der Waals surface area (Å²) in [5, 5.41) is 5.92. The molecule has 0 aromatic heterocycles. The van der Waals surface area contributed by atoms with E-state index in [2.05, 4.69) is 16.7 Å². The molecular weight excluding hydrogens is 290 g/mol. The van der Waals surface area contributed by atoms with E-state index in [1.165, 1.54) is 24.8 Å². The van der Waals surface area contributed by atoms with Crippen molar-refractivity contribution in [2.24, 2.45) is 0 Å². The lowest BCUT2D eigenvalue weighted by atomic mass is 9.96. The highest BCUT2D eigenvalue weighted by Gasteiger charge is 2.23. The number of benzene rings is 1. The van der Waals surface area contributed by atoms with E-state index in [0.717, 1.165) is 24.9 Å². The fourth-order valence-electron chi connectivity index (χ4n) is 3.51. The van der Waals surface area contributed by atoms with Crippen LogP contribution in [0.15, 0.2) is 24.3 Å². The summed E-state index contributed by atoms with van der Waals surface area (Å²) in [7, 11) is 0. The van der Waals surface area contributed by atoms with E-state index in [0.29, 0.717) is 25.6 Å². The summed E-state index contributed by atoms with van der Waals surface area (Å²) in [4.78, 5) is 25.9. The molecule has 1 aliphatic carbocycles. The predicted molar refractivity (Wildman–Crippen MR) is 90.5 cm³/mol. The van der Waals surface area contributed by atoms with Gasteiger partial charge in [-0.3, -0.25) is 4.79 Å². The summed E-state index contributed by atoms with van der Waals surface area (Å²) in [5.41, 5.74) is 2.19. The van der Waals surface area contributed by atoms with Gasteiger partial charge in [0, 0.05) is 31.2 Å². The van der Waals surface area contributed by atoms with Crippen molar-refractivity contribution in [1.82, 2.24) is 10.6 Å². The average molecular weight is 315 g/mol. The second-order valence-corrected chi connectivity index (χ2v) is 6.41. The van der Waals surface area contributed by atoms with Crippen molar-refractivity contribution in [2.45, 2.75) is 51.0 Å². The Morgan fingerprint density at radius 3 is 2.74 bits per heavy atom. The number of aryl methyl sites for hydroxylation is 1. The van der Waals surface area contributed by atoms with E-state index in [1.807, 2.05) is 18.2 Å². The molecule has 1 heterocycles. The van der Waals surface area contributed by atoms with E-state index in [1.54, 1.807) is 4.90 Å². The molecule has 1 saturated carbocycles. The first-order valence-electron chi connectivity index (χ1n) is 8.66. The number of para-hydroxylation sites is 1. The Kier molecular flexibility index (Phi) is 5.16. The topological polar surface area (TPSA) is 61.4 Å². The zero-order valence-electron chi connectivity index (χ0n) is 13.5. The second-order valence-electron chi connectivity index (χ2n) is 6.41. The van der Waals surface area contributed by atoms with Gasteiger partial charge in [0.05, 0.1) is 0 Å². The van der Waals surface area contributed by atoms with E-state index in [-0.39, 0.29) is 11.9 Å². The SMILES string of the molecule is O=C(NCCN1C(=O)CCc2ccccc21)NC1CCCCC1. The first kappa shape index (κ1) is 15.8. The van der Waals surface area contributed by atoms with Gasteiger partial charge in [-0.2, -0.15) is 0 Å². The van der Waals surface area contributed by atoms with Gasteiger partial charge >= 0.3 is 6.03 Å². The van der Waals surface area contributed by atoms with Gasteiger partial charge in [-0.1, -0.05) is 37.5 Å². The molecule has 1 fully saturated rings. The van der Waals surface area contributed by atoms with Gasteiger partial charge in [-0.05, 0) is 30.9 Å². The maximum absolute atomic E-state index is 12.1. The monoisotopic (exact) mass is 315 g/mol. The van der Waals surface area contributed by atoms with Crippen LogP contribution in [0.25, 0.3) is 0 Å². The van der Waals surface area contributed by atoms with Crippen LogP contribution in [0.2, 0.25) is 0 Å². The number of hydrogen-bond donors (Lipinski definition) is 2. The summed E-state index contributed by atoms with van der Waals surface area (Å²) >= 11 is 0. The first-order chi connectivity index (χ1) is 11.2. The van der Waals surface area contributed by atoms with Crippen LogP contribution in [0.5, 0.6) is 0 Å². The fraction of sp³-hybridized carbons (Fsp3) is 0.556. The number of carbonyl (C=O) groups is 2. The average Bonchev–Trinajstić information content (AvgIpc) is 2.58. The maximum atomic E-state index is 12.1. The molecule has 1 aromatic rings. The first-order valence-corrected chi connectivity index (χ1v) is 8.66. The van der Waals surface area contributed by atoms with Gasteiger partial charge in [0.15, 0.2) is 0 Å². The standard InChI is InChI=1S/C18H25N3O2/c22-17-11-10-14-6-4-5-9-16(14)21(17)13-12-19-18(23)20-15-7-2-1-3-8-15/h4-6,9,15H,1-3,7-8,10-13H2,(H2,19,20,23). The van der Waals surface area contributed by atoms with Crippen molar-refractivity contribution < 1.29 is 9.59 Å². The zero-order valence-corrected chi connectivity index (χ0v) is 13.5. The van der Waals surface area contributed by atoms with Crippen LogP contribution in [-0.4, -0.2) is 31.1 Å². The minimum absolute atomic E-state index is 0.116. The third kappa shape index (κ3) is 4.03. The summed E-state index contributed by atoms with van der Waals surface area (Å²) in [6.07, 6.45) is 7.17. The highest BCUT2D eigenvalue weighted by atomic mass is 16.2.